The molecule has 6 heteroatoms. The van der Waals surface area contributed by atoms with E-state index in [2.05, 4.69) is 17.3 Å². The molecule has 0 unspecified atom stereocenters. The zero-order valence-corrected chi connectivity index (χ0v) is 14.2. The summed E-state index contributed by atoms with van der Waals surface area (Å²) in [6, 6.07) is 0.622. The average molecular weight is 320 g/mol. The Labute approximate surface area is 134 Å². The minimum absolute atomic E-state index is 0. The van der Waals surface area contributed by atoms with E-state index in [0.717, 1.165) is 45.6 Å². The van der Waals surface area contributed by atoms with Crippen molar-refractivity contribution in [1.29, 1.82) is 0 Å². The van der Waals surface area contributed by atoms with E-state index in [1.54, 1.807) is 7.11 Å². The fourth-order valence-electron chi connectivity index (χ4n) is 3.25. The highest BCUT2D eigenvalue weighted by Gasteiger charge is 2.24. The Morgan fingerprint density at radius 2 is 1.86 bits per heavy atom. The number of hydrogen-bond acceptors (Lipinski definition) is 4. The van der Waals surface area contributed by atoms with Crippen LogP contribution in [-0.2, 0) is 9.53 Å². The number of methoxy groups -OCH3 is 1. The maximum Gasteiger partial charge on any atom is 0.223 e. The quantitative estimate of drug-likeness (QED) is 0.825. The van der Waals surface area contributed by atoms with Gasteiger partial charge in [0.1, 0.15) is 0 Å². The number of carbonyl (C=O) groups is 1. The fraction of sp³-hybridized carbons (Fsp3) is 0.933. The number of halogens is 1. The first-order valence-corrected chi connectivity index (χ1v) is 7.92. The molecule has 0 atom stereocenters. The first-order valence-electron chi connectivity index (χ1n) is 7.92. The molecule has 5 nitrogen and oxygen atoms in total. The highest BCUT2D eigenvalue weighted by molar-refractivity contribution is 5.85. The second-order valence-electron chi connectivity index (χ2n) is 6.03. The summed E-state index contributed by atoms with van der Waals surface area (Å²) in [5.74, 6) is 0.309. The lowest BCUT2D eigenvalue weighted by Crippen LogP contribution is -2.47. The number of hydrogen-bond donors (Lipinski definition) is 1. The topological polar surface area (TPSA) is 44.8 Å². The average Bonchev–Trinajstić information content (AvgIpc) is 2.53. The second kappa shape index (κ2) is 9.62. The summed E-state index contributed by atoms with van der Waals surface area (Å²) in [6.07, 6.45) is 5.78. The number of rotatable bonds is 5. The van der Waals surface area contributed by atoms with Gasteiger partial charge in [-0.1, -0.05) is 0 Å². The van der Waals surface area contributed by atoms with Crippen molar-refractivity contribution in [2.45, 2.75) is 44.2 Å². The predicted molar refractivity (Wildman–Crippen MR) is 87.0 cm³/mol. The summed E-state index contributed by atoms with van der Waals surface area (Å²) in [4.78, 5) is 16.5. The highest BCUT2D eigenvalue weighted by atomic mass is 35.5. The van der Waals surface area contributed by atoms with Crippen LogP contribution in [0.5, 0.6) is 0 Å². The van der Waals surface area contributed by atoms with Gasteiger partial charge in [0.05, 0.1) is 6.10 Å². The Bertz CT molecular complexity index is 303. The molecule has 1 N–H and O–H groups in total. The molecule has 0 aromatic rings. The van der Waals surface area contributed by atoms with E-state index in [1.165, 1.54) is 12.8 Å². The van der Waals surface area contributed by atoms with Crippen molar-refractivity contribution in [2.24, 2.45) is 0 Å². The van der Waals surface area contributed by atoms with Crippen LogP contribution in [0.25, 0.3) is 0 Å². The van der Waals surface area contributed by atoms with E-state index < -0.39 is 0 Å². The van der Waals surface area contributed by atoms with E-state index in [4.69, 9.17) is 4.74 Å². The molecule has 1 amide bonds. The minimum atomic E-state index is 0. The summed E-state index contributed by atoms with van der Waals surface area (Å²) < 4.78 is 5.41. The van der Waals surface area contributed by atoms with Crippen LogP contribution in [0.15, 0.2) is 0 Å². The van der Waals surface area contributed by atoms with Crippen LogP contribution in [-0.4, -0.2) is 74.7 Å². The molecular weight excluding hydrogens is 290 g/mol. The van der Waals surface area contributed by atoms with E-state index >= 15 is 0 Å². The summed E-state index contributed by atoms with van der Waals surface area (Å²) in [7, 11) is 3.96. The second-order valence-corrected chi connectivity index (χ2v) is 6.03. The van der Waals surface area contributed by atoms with E-state index in [0.29, 0.717) is 24.5 Å². The van der Waals surface area contributed by atoms with Crippen LogP contribution >= 0.6 is 12.4 Å². The van der Waals surface area contributed by atoms with Crippen LogP contribution in [0.1, 0.15) is 32.1 Å². The van der Waals surface area contributed by atoms with Crippen LogP contribution in [0, 0.1) is 0 Å². The van der Waals surface area contributed by atoms with Gasteiger partial charge in [0.2, 0.25) is 5.91 Å². The molecule has 0 aromatic carbocycles. The lowest BCUT2D eigenvalue weighted by Gasteiger charge is -2.34. The van der Waals surface area contributed by atoms with E-state index in [9.17, 15) is 4.79 Å². The molecule has 1 aliphatic heterocycles. The zero-order chi connectivity index (χ0) is 14.4. The monoisotopic (exact) mass is 319 g/mol. The van der Waals surface area contributed by atoms with Gasteiger partial charge in [-0.3, -0.25) is 4.79 Å². The summed E-state index contributed by atoms with van der Waals surface area (Å²) in [6.45, 7) is 4.47. The van der Waals surface area contributed by atoms with Gasteiger partial charge >= 0.3 is 0 Å². The third-order valence-electron chi connectivity index (χ3n) is 4.75. The third-order valence-corrected chi connectivity index (χ3v) is 4.75. The van der Waals surface area contributed by atoms with Gasteiger partial charge in [-0.05, 0) is 32.7 Å². The van der Waals surface area contributed by atoms with Gasteiger partial charge in [0.15, 0.2) is 0 Å². The number of piperazine rings is 1. The first kappa shape index (κ1) is 18.7. The number of amides is 1. The fourth-order valence-corrected chi connectivity index (χ4v) is 3.25. The molecule has 1 aliphatic carbocycles. The van der Waals surface area contributed by atoms with Crippen LogP contribution in [0.2, 0.25) is 0 Å². The van der Waals surface area contributed by atoms with Crippen LogP contribution in [0.3, 0.4) is 0 Å². The van der Waals surface area contributed by atoms with Crippen molar-refractivity contribution in [3.63, 3.8) is 0 Å². The standard InChI is InChI=1S/C15H29N3O2.ClH/c1-17(13-3-5-14(20-2)6-4-13)10-7-15(19)18-11-8-16-9-12-18;/h13-14,16H,3-12H2,1-2H3;1H. The van der Waals surface area contributed by atoms with Crippen molar-refractivity contribution in [3.8, 4) is 0 Å². The Morgan fingerprint density at radius 3 is 2.43 bits per heavy atom. The molecular formula is C15H30ClN3O2. The molecule has 1 saturated heterocycles. The minimum Gasteiger partial charge on any atom is -0.381 e. The van der Waals surface area contributed by atoms with Gasteiger partial charge in [0, 0.05) is 52.3 Å². The molecule has 0 spiro atoms. The lowest BCUT2D eigenvalue weighted by atomic mass is 9.92. The number of carbonyl (C=O) groups excluding carboxylic acids is 1. The van der Waals surface area contributed by atoms with Crippen LogP contribution < -0.4 is 5.32 Å². The normalized spacial score (nSPS) is 26.5. The maximum absolute atomic E-state index is 12.1. The molecule has 1 saturated carbocycles. The van der Waals surface area contributed by atoms with Crippen molar-refractivity contribution >= 4 is 18.3 Å². The summed E-state index contributed by atoms with van der Waals surface area (Å²) in [5, 5.41) is 3.28. The van der Waals surface area contributed by atoms with Crippen molar-refractivity contribution in [3.05, 3.63) is 0 Å². The number of nitrogens with zero attached hydrogens (tertiary/aromatic N) is 2. The first-order chi connectivity index (χ1) is 9.70. The third kappa shape index (κ3) is 5.74. The Kier molecular flexibility index (Phi) is 8.56. The molecule has 0 aromatic heterocycles. The van der Waals surface area contributed by atoms with Crippen molar-refractivity contribution < 1.29 is 9.53 Å². The Balaban J connectivity index is 0.00000220. The molecule has 2 fully saturated rings. The number of nitrogens with one attached hydrogen (secondary N) is 1. The molecule has 21 heavy (non-hydrogen) atoms. The van der Waals surface area contributed by atoms with Gasteiger partial charge in [0.25, 0.3) is 0 Å². The summed E-state index contributed by atoms with van der Waals surface area (Å²) >= 11 is 0. The molecule has 0 bridgehead atoms. The molecule has 2 aliphatic rings. The predicted octanol–water partition coefficient (Wildman–Crippen LogP) is 1.12. The Hall–Kier alpha value is -0.360. The highest BCUT2D eigenvalue weighted by Crippen LogP contribution is 2.24. The summed E-state index contributed by atoms with van der Waals surface area (Å²) in [5.41, 5.74) is 0. The number of ether oxygens (including phenoxy) is 1. The molecule has 2 rings (SSSR count). The SMILES string of the molecule is COC1CCC(N(C)CCC(=O)N2CCNCC2)CC1.Cl. The van der Waals surface area contributed by atoms with E-state index in [1.807, 2.05) is 4.90 Å². The molecule has 0 radical (unpaired) electrons. The van der Waals surface area contributed by atoms with Crippen molar-refractivity contribution in [2.75, 3.05) is 46.9 Å². The lowest BCUT2D eigenvalue weighted by molar-refractivity contribution is -0.132. The van der Waals surface area contributed by atoms with Gasteiger partial charge < -0.3 is 19.9 Å². The van der Waals surface area contributed by atoms with E-state index in [-0.39, 0.29) is 12.4 Å². The zero-order valence-electron chi connectivity index (χ0n) is 13.3. The Morgan fingerprint density at radius 1 is 1.24 bits per heavy atom. The maximum atomic E-state index is 12.1. The van der Waals surface area contributed by atoms with Crippen molar-refractivity contribution in [1.82, 2.24) is 15.1 Å². The largest absolute Gasteiger partial charge is 0.381 e. The van der Waals surface area contributed by atoms with Gasteiger partial charge in [-0.25, -0.2) is 0 Å². The van der Waals surface area contributed by atoms with Gasteiger partial charge in [-0.2, -0.15) is 0 Å². The van der Waals surface area contributed by atoms with Crippen LogP contribution in [0.4, 0.5) is 0 Å². The molecule has 1 heterocycles. The van der Waals surface area contributed by atoms with Gasteiger partial charge in [-0.15, -0.1) is 12.4 Å². The smallest absolute Gasteiger partial charge is 0.223 e. The molecule has 124 valence electrons.